The number of halogens is 1. The second-order valence-electron chi connectivity index (χ2n) is 6.34. The van der Waals surface area contributed by atoms with Crippen molar-refractivity contribution in [1.82, 2.24) is 14.8 Å². The molecule has 0 spiro atoms. The van der Waals surface area contributed by atoms with Crippen LogP contribution in [0.2, 0.25) is 5.02 Å². The Morgan fingerprint density at radius 2 is 1.79 bits per heavy atom. The Morgan fingerprint density at radius 1 is 1.11 bits per heavy atom. The highest BCUT2D eigenvalue weighted by molar-refractivity contribution is 7.99. The van der Waals surface area contributed by atoms with Gasteiger partial charge in [0, 0.05) is 42.6 Å². The molecule has 6 nitrogen and oxygen atoms in total. The molecule has 0 unspecified atom stereocenters. The van der Waals surface area contributed by atoms with E-state index < -0.39 is 0 Å². The zero-order valence-corrected chi connectivity index (χ0v) is 17.6. The highest BCUT2D eigenvalue weighted by Crippen LogP contribution is 2.25. The van der Waals surface area contributed by atoms with E-state index in [-0.39, 0.29) is 11.7 Å². The number of amides is 1. The van der Waals surface area contributed by atoms with Crippen LogP contribution in [0.3, 0.4) is 0 Å². The first-order valence-corrected chi connectivity index (χ1v) is 10.2. The van der Waals surface area contributed by atoms with Gasteiger partial charge in [-0.2, -0.15) is 0 Å². The summed E-state index contributed by atoms with van der Waals surface area (Å²) in [6, 6.07) is 15.2. The maximum absolute atomic E-state index is 12.3. The number of carbonyl (C=O) groups is 1. The summed E-state index contributed by atoms with van der Waals surface area (Å²) in [7, 11) is 3.96. The number of hydrogen-bond donors (Lipinski definition) is 1. The lowest BCUT2D eigenvalue weighted by atomic mass is 10.2. The highest BCUT2D eigenvalue weighted by Gasteiger charge is 2.14. The maximum atomic E-state index is 12.3. The first-order chi connectivity index (χ1) is 13.5. The van der Waals surface area contributed by atoms with Gasteiger partial charge >= 0.3 is 0 Å². The summed E-state index contributed by atoms with van der Waals surface area (Å²) in [5.41, 5.74) is 2.80. The van der Waals surface area contributed by atoms with Gasteiger partial charge in [0.2, 0.25) is 5.91 Å². The molecule has 0 fully saturated rings. The second-order valence-corrected chi connectivity index (χ2v) is 7.71. The summed E-state index contributed by atoms with van der Waals surface area (Å²) in [6.07, 6.45) is 0. The minimum absolute atomic E-state index is 0.0821. The number of aromatic nitrogens is 3. The molecule has 0 aliphatic heterocycles. The van der Waals surface area contributed by atoms with Crippen molar-refractivity contribution in [1.29, 1.82) is 0 Å². The van der Waals surface area contributed by atoms with Crippen molar-refractivity contribution in [2.45, 2.75) is 18.6 Å². The molecular formula is C20H22ClN5OS. The topological polar surface area (TPSA) is 63.1 Å². The number of hydrogen-bond acceptors (Lipinski definition) is 5. The molecular weight excluding hydrogens is 394 g/mol. The molecule has 1 heterocycles. The predicted octanol–water partition coefficient (Wildman–Crippen LogP) is 4.42. The number of rotatable bonds is 7. The fourth-order valence-electron chi connectivity index (χ4n) is 2.66. The van der Waals surface area contributed by atoms with Crippen molar-refractivity contribution in [2.24, 2.45) is 0 Å². The van der Waals surface area contributed by atoms with Gasteiger partial charge in [-0.15, -0.1) is 10.2 Å². The number of thioether (sulfide) groups is 1. The fraction of sp³-hybridized carbons (Fsp3) is 0.250. The van der Waals surface area contributed by atoms with E-state index in [1.54, 1.807) is 0 Å². The van der Waals surface area contributed by atoms with E-state index in [4.69, 9.17) is 11.6 Å². The van der Waals surface area contributed by atoms with Crippen LogP contribution >= 0.6 is 23.4 Å². The highest BCUT2D eigenvalue weighted by atomic mass is 35.5. The van der Waals surface area contributed by atoms with Crippen LogP contribution in [-0.4, -0.2) is 40.5 Å². The lowest BCUT2D eigenvalue weighted by Gasteiger charge is -2.13. The van der Waals surface area contributed by atoms with Crippen LogP contribution in [0, 0.1) is 0 Å². The van der Waals surface area contributed by atoms with Crippen LogP contribution in [0.15, 0.2) is 53.7 Å². The van der Waals surface area contributed by atoms with Crippen LogP contribution in [0.5, 0.6) is 0 Å². The average molecular weight is 416 g/mol. The zero-order valence-electron chi connectivity index (χ0n) is 16.0. The number of benzene rings is 2. The SMILES string of the molecule is CCn1c(SCC(=O)Nc2ccc(N(C)C)cc2)nnc1-c1ccc(Cl)cc1. The van der Waals surface area contributed by atoms with Gasteiger partial charge in [0.1, 0.15) is 0 Å². The Hall–Kier alpha value is -2.51. The first kappa shape index (κ1) is 20.2. The van der Waals surface area contributed by atoms with Gasteiger partial charge in [0.15, 0.2) is 11.0 Å². The third-order valence-electron chi connectivity index (χ3n) is 4.14. The number of nitrogens with one attached hydrogen (secondary N) is 1. The monoisotopic (exact) mass is 415 g/mol. The molecule has 0 radical (unpaired) electrons. The van der Waals surface area contributed by atoms with Gasteiger partial charge < -0.3 is 14.8 Å². The lowest BCUT2D eigenvalue weighted by molar-refractivity contribution is -0.113. The van der Waals surface area contributed by atoms with Gasteiger partial charge in [0.25, 0.3) is 0 Å². The minimum atomic E-state index is -0.0821. The van der Waals surface area contributed by atoms with Crippen LogP contribution < -0.4 is 10.2 Å². The fourth-order valence-corrected chi connectivity index (χ4v) is 3.59. The van der Waals surface area contributed by atoms with Crippen molar-refractivity contribution >= 4 is 40.6 Å². The molecule has 0 bridgehead atoms. The lowest BCUT2D eigenvalue weighted by Crippen LogP contribution is -2.15. The largest absolute Gasteiger partial charge is 0.378 e. The molecule has 1 N–H and O–H groups in total. The molecule has 0 aliphatic carbocycles. The van der Waals surface area contributed by atoms with Crippen molar-refractivity contribution in [3.8, 4) is 11.4 Å². The third kappa shape index (κ3) is 4.85. The van der Waals surface area contributed by atoms with E-state index in [9.17, 15) is 4.79 Å². The van der Waals surface area contributed by atoms with Crippen molar-refractivity contribution in [2.75, 3.05) is 30.1 Å². The Labute approximate surface area is 173 Å². The number of nitrogens with zero attached hydrogens (tertiary/aromatic N) is 4. The number of anilines is 2. The van der Waals surface area contributed by atoms with E-state index in [0.29, 0.717) is 16.7 Å². The predicted molar refractivity (Wildman–Crippen MR) is 116 cm³/mol. The minimum Gasteiger partial charge on any atom is -0.378 e. The van der Waals surface area contributed by atoms with E-state index >= 15 is 0 Å². The van der Waals surface area contributed by atoms with E-state index in [1.807, 2.05) is 79.0 Å². The van der Waals surface area contributed by atoms with Gasteiger partial charge in [-0.1, -0.05) is 23.4 Å². The molecule has 0 atom stereocenters. The molecule has 0 saturated carbocycles. The molecule has 2 aromatic carbocycles. The Morgan fingerprint density at radius 3 is 2.39 bits per heavy atom. The van der Waals surface area contributed by atoms with Crippen LogP contribution in [-0.2, 0) is 11.3 Å². The third-order valence-corrected chi connectivity index (χ3v) is 5.35. The van der Waals surface area contributed by atoms with Crippen molar-refractivity contribution in [3.05, 3.63) is 53.6 Å². The van der Waals surface area contributed by atoms with Gasteiger partial charge in [-0.25, -0.2) is 0 Å². The Balaban J connectivity index is 1.64. The average Bonchev–Trinajstić information content (AvgIpc) is 3.10. The molecule has 146 valence electrons. The number of carbonyl (C=O) groups excluding carboxylic acids is 1. The first-order valence-electron chi connectivity index (χ1n) is 8.87. The van der Waals surface area contributed by atoms with Crippen LogP contribution in [0.25, 0.3) is 11.4 Å². The summed E-state index contributed by atoms with van der Waals surface area (Å²) >= 11 is 7.33. The summed E-state index contributed by atoms with van der Waals surface area (Å²) in [6.45, 7) is 2.74. The second kappa shape index (κ2) is 9.12. The van der Waals surface area contributed by atoms with E-state index in [2.05, 4.69) is 15.5 Å². The molecule has 28 heavy (non-hydrogen) atoms. The van der Waals surface area contributed by atoms with Crippen molar-refractivity contribution < 1.29 is 4.79 Å². The molecule has 8 heteroatoms. The normalized spacial score (nSPS) is 10.7. The molecule has 3 aromatic rings. The molecule has 0 aliphatic rings. The maximum Gasteiger partial charge on any atom is 0.234 e. The van der Waals surface area contributed by atoms with Gasteiger partial charge in [-0.3, -0.25) is 4.79 Å². The van der Waals surface area contributed by atoms with Crippen LogP contribution in [0.4, 0.5) is 11.4 Å². The van der Waals surface area contributed by atoms with E-state index in [0.717, 1.165) is 22.8 Å². The van der Waals surface area contributed by atoms with Crippen LogP contribution in [0.1, 0.15) is 6.92 Å². The van der Waals surface area contributed by atoms with Gasteiger partial charge in [0.05, 0.1) is 5.75 Å². The summed E-state index contributed by atoms with van der Waals surface area (Å²) in [5.74, 6) is 0.941. The van der Waals surface area contributed by atoms with Crippen molar-refractivity contribution in [3.63, 3.8) is 0 Å². The standard InChI is InChI=1S/C20H22ClN5OS/c1-4-26-19(14-5-7-15(21)8-6-14)23-24-20(26)28-13-18(27)22-16-9-11-17(12-10-16)25(2)3/h5-12H,4,13H2,1-3H3,(H,22,27). The Kier molecular flexibility index (Phi) is 6.59. The molecule has 3 rings (SSSR count). The summed E-state index contributed by atoms with van der Waals surface area (Å²) in [4.78, 5) is 14.3. The quantitative estimate of drug-likeness (QED) is 0.579. The Bertz CT molecular complexity index is 938. The molecule has 0 saturated heterocycles. The molecule has 1 amide bonds. The smallest absolute Gasteiger partial charge is 0.234 e. The van der Waals surface area contributed by atoms with E-state index in [1.165, 1.54) is 11.8 Å². The molecule has 1 aromatic heterocycles. The summed E-state index contributed by atoms with van der Waals surface area (Å²) in [5, 5.41) is 12.8. The van der Waals surface area contributed by atoms with Gasteiger partial charge in [-0.05, 0) is 55.5 Å². The zero-order chi connectivity index (χ0) is 20.1. The summed E-state index contributed by atoms with van der Waals surface area (Å²) < 4.78 is 1.99.